The van der Waals surface area contributed by atoms with E-state index < -0.39 is 0 Å². The highest BCUT2D eigenvalue weighted by atomic mass is 32.2. The Morgan fingerprint density at radius 2 is 2.43 bits per heavy atom. The topological polar surface area (TPSA) is 43.8 Å². The molecular weight excluding hydrogens is 194 g/mol. The Labute approximate surface area is 90.1 Å². The molecule has 1 atom stereocenters. The maximum Gasteiger partial charge on any atom is 0.0948 e. The molecule has 1 unspecified atom stereocenters. The van der Waals surface area contributed by atoms with Crippen LogP contribution in [0.2, 0.25) is 0 Å². The van der Waals surface area contributed by atoms with Gasteiger partial charge in [-0.15, -0.1) is 0 Å². The number of thioether (sulfide) groups is 1. The molecule has 80 valence electrons. The van der Waals surface area contributed by atoms with Gasteiger partial charge >= 0.3 is 0 Å². The fraction of sp³-hybridized carbons (Fsp3) is 0.700. The Bertz CT molecular complexity index is 260. The number of hydrogen-bond donors (Lipinski definition) is 1. The number of nitrogens with zero attached hydrogens (tertiary/aromatic N) is 2. The van der Waals surface area contributed by atoms with E-state index in [1.807, 2.05) is 24.3 Å². The molecule has 0 amide bonds. The normalized spacial score (nSPS) is 13.1. The second-order valence-corrected chi connectivity index (χ2v) is 4.55. The van der Waals surface area contributed by atoms with Crippen LogP contribution in [0.1, 0.15) is 12.6 Å². The molecule has 4 heteroatoms. The van der Waals surface area contributed by atoms with Gasteiger partial charge in [-0.05, 0) is 24.5 Å². The first-order chi connectivity index (χ1) is 6.77. The number of hydrogen-bond acceptors (Lipinski definition) is 3. The molecule has 0 aliphatic heterocycles. The van der Waals surface area contributed by atoms with Gasteiger partial charge in [-0.2, -0.15) is 11.8 Å². The summed E-state index contributed by atoms with van der Waals surface area (Å²) in [6.45, 7) is 4.02. The van der Waals surface area contributed by atoms with Crippen LogP contribution in [0.3, 0.4) is 0 Å². The van der Waals surface area contributed by atoms with Crippen molar-refractivity contribution in [3.8, 4) is 0 Å². The molecule has 2 N–H and O–H groups in total. The predicted octanol–water partition coefficient (Wildman–Crippen LogP) is 1.38. The maximum atomic E-state index is 5.53. The molecule has 0 saturated heterocycles. The van der Waals surface area contributed by atoms with Crippen molar-refractivity contribution < 1.29 is 0 Å². The lowest BCUT2D eigenvalue weighted by molar-refractivity contribution is 0.516. The standard InChI is InChI=1S/C10H19N3S/c1-9(7-14-2)6-13-8-12-5-10(13)3-4-11/h5,8-9H,3-4,6-7,11H2,1-2H3. The van der Waals surface area contributed by atoms with E-state index in [9.17, 15) is 0 Å². The van der Waals surface area contributed by atoms with Gasteiger partial charge in [-0.1, -0.05) is 6.92 Å². The van der Waals surface area contributed by atoms with Gasteiger partial charge in [0.05, 0.1) is 6.33 Å². The van der Waals surface area contributed by atoms with Crippen molar-refractivity contribution in [1.29, 1.82) is 0 Å². The van der Waals surface area contributed by atoms with Crippen LogP contribution in [0.25, 0.3) is 0 Å². The van der Waals surface area contributed by atoms with E-state index in [-0.39, 0.29) is 0 Å². The summed E-state index contributed by atoms with van der Waals surface area (Å²) >= 11 is 1.89. The molecular formula is C10H19N3S. The van der Waals surface area contributed by atoms with Crippen LogP contribution in [0.5, 0.6) is 0 Å². The van der Waals surface area contributed by atoms with Gasteiger partial charge in [-0.3, -0.25) is 0 Å². The third kappa shape index (κ3) is 3.35. The molecule has 1 aromatic heterocycles. The maximum absolute atomic E-state index is 5.53. The number of imidazole rings is 1. The fourth-order valence-electron chi connectivity index (χ4n) is 1.54. The average Bonchev–Trinajstić information content (AvgIpc) is 2.54. The summed E-state index contributed by atoms with van der Waals surface area (Å²) in [5.41, 5.74) is 6.78. The zero-order chi connectivity index (χ0) is 10.4. The van der Waals surface area contributed by atoms with Gasteiger partial charge < -0.3 is 10.3 Å². The van der Waals surface area contributed by atoms with E-state index in [1.54, 1.807) is 0 Å². The number of rotatable bonds is 6. The van der Waals surface area contributed by atoms with Crippen LogP contribution < -0.4 is 5.73 Å². The Kier molecular flexibility index (Phi) is 5.04. The molecule has 0 radical (unpaired) electrons. The molecule has 0 bridgehead atoms. The van der Waals surface area contributed by atoms with Crippen molar-refractivity contribution in [2.24, 2.45) is 11.7 Å². The van der Waals surface area contributed by atoms with Gasteiger partial charge in [0.15, 0.2) is 0 Å². The summed E-state index contributed by atoms with van der Waals surface area (Å²) < 4.78 is 2.22. The Balaban J connectivity index is 2.52. The first kappa shape index (κ1) is 11.6. The second-order valence-electron chi connectivity index (χ2n) is 3.64. The molecule has 0 saturated carbocycles. The molecule has 1 aromatic rings. The van der Waals surface area contributed by atoms with E-state index in [4.69, 9.17) is 5.73 Å². The molecule has 0 aromatic carbocycles. The summed E-state index contributed by atoms with van der Waals surface area (Å²) in [7, 11) is 0. The Morgan fingerprint density at radius 3 is 3.07 bits per heavy atom. The SMILES string of the molecule is CSCC(C)Cn1cncc1CCN. The zero-order valence-corrected chi connectivity index (χ0v) is 9.76. The number of aromatic nitrogens is 2. The van der Waals surface area contributed by atoms with Gasteiger partial charge in [0.1, 0.15) is 0 Å². The molecule has 0 fully saturated rings. The first-order valence-electron chi connectivity index (χ1n) is 4.96. The average molecular weight is 213 g/mol. The monoisotopic (exact) mass is 213 g/mol. The van der Waals surface area contributed by atoms with Gasteiger partial charge in [0, 0.05) is 24.9 Å². The minimum absolute atomic E-state index is 0.690. The lowest BCUT2D eigenvalue weighted by Gasteiger charge is -2.12. The minimum Gasteiger partial charge on any atom is -0.334 e. The summed E-state index contributed by atoms with van der Waals surface area (Å²) in [5.74, 6) is 1.89. The highest BCUT2D eigenvalue weighted by Crippen LogP contribution is 2.09. The summed E-state index contributed by atoms with van der Waals surface area (Å²) in [4.78, 5) is 4.15. The summed E-state index contributed by atoms with van der Waals surface area (Å²) in [6, 6.07) is 0. The quantitative estimate of drug-likeness (QED) is 0.776. The van der Waals surface area contributed by atoms with Crippen molar-refractivity contribution in [2.45, 2.75) is 19.9 Å². The smallest absolute Gasteiger partial charge is 0.0948 e. The molecule has 1 rings (SSSR count). The molecule has 0 aliphatic rings. The van der Waals surface area contributed by atoms with Crippen molar-refractivity contribution in [3.63, 3.8) is 0 Å². The van der Waals surface area contributed by atoms with Crippen LogP contribution in [-0.2, 0) is 13.0 Å². The zero-order valence-electron chi connectivity index (χ0n) is 8.94. The van der Waals surface area contributed by atoms with Crippen molar-refractivity contribution in [1.82, 2.24) is 9.55 Å². The summed E-state index contributed by atoms with van der Waals surface area (Å²) in [6.07, 6.45) is 6.89. The van der Waals surface area contributed by atoms with Gasteiger partial charge in [0.2, 0.25) is 0 Å². The van der Waals surface area contributed by atoms with Crippen molar-refractivity contribution in [2.75, 3.05) is 18.6 Å². The summed E-state index contributed by atoms with van der Waals surface area (Å²) in [5, 5.41) is 0. The highest BCUT2D eigenvalue weighted by molar-refractivity contribution is 7.98. The fourth-order valence-corrected chi connectivity index (χ4v) is 2.22. The van der Waals surface area contributed by atoms with Crippen molar-refractivity contribution in [3.05, 3.63) is 18.2 Å². The van der Waals surface area contributed by atoms with Gasteiger partial charge in [0.25, 0.3) is 0 Å². The minimum atomic E-state index is 0.690. The molecule has 1 heterocycles. The van der Waals surface area contributed by atoms with E-state index in [2.05, 4.69) is 22.7 Å². The third-order valence-corrected chi connectivity index (χ3v) is 3.06. The van der Waals surface area contributed by atoms with E-state index >= 15 is 0 Å². The Morgan fingerprint density at radius 1 is 1.64 bits per heavy atom. The first-order valence-corrected chi connectivity index (χ1v) is 6.35. The largest absolute Gasteiger partial charge is 0.334 e. The third-order valence-electron chi connectivity index (χ3n) is 2.16. The van der Waals surface area contributed by atoms with E-state index in [1.165, 1.54) is 11.4 Å². The lowest BCUT2D eigenvalue weighted by Crippen LogP contribution is -2.13. The molecule has 14 heavy (non-hydrogen) atoms. The van der Waals surface area contributed by atoms with Crippen LogP contribution >= 0.6 is 11.8 Å². The molecule has 3 nitrogen and oxygen atoms in total. The lowest BCUT2D eigenvalue weighted by atomic mass is 10.2. The highest BCUT2D eigenvalue weighted by Gasteiger charge is 2.05. The van der Waals surface area contributed by atoms with Gasteiger partial charge in [-0.25, -0.2) is 4.98 Å². The van der Waals surface area contributed by atoms with Crippen LogP contribution in [0, 0.1) is 5.92 Å². The van der Waals surface area contributed by atoms with E-state index in [0.29, 0.717) is 12.5 Å². The van der Waals surface area contributed by atoms with Crippen LogP contribution in [0.15, 0.2) is 12.5 Å². The second kappa shape index (κ2) is 6.09. The predicted molar refractivity (Wildman–Crippen MR) is 62.5 cm³/mol. The van der Waals surface area contributed by atoms with Crippen LogP contribution in [-0.4, -0.2) is 28.1 Å². The van der Waals surface area contributed by atoms with E-state index in [0.717, 1.165) is 13.0 Å². The molecule has 0 spiro atoms. The number of nitrogens with two attached hydrogens (primary N) is 1. The van der Waals surface area contributed by atoms with Crippen molar-refractivity contribution >= 4 is 11.8 Å². The Hall–Kier alpha value is -0.480. The molecule has 0 aliphatic carbocycles. The van der Waals surface area contributed by atoms with Crippen LogP contribution in [0.4, 0.5) is 0 Å².